The van der Waals surface area contributed by atoms with Crippen LogP contribution in [0.3, 0.4) is 0 Å². The number of amides is 1. The molecule has 2 rings (SSSR count). The molecule has 1 heterocycles. The lowest BCUT2D eigenvalue weighted by molar-refractivity contribution is -0.116. The molecule has 0 spiro atoms. The zero-order valence-electron chi connectivity index (χ0n) is 12.2. The maximum atomic E-state index is 12.0. The molecule has 1 amide bonds. The van der Waals surface area contributed by atoms with E-state index >= 15 is 0 Å². The van der Waals surface area contributed by atoms with Crippen LogP contribution in [0.4, 0.5) is 5.69 Å². The summed E-state index contributed by atoms with van der Waals surface area (Å²) in [6.07, 6.45) is 1.38. The van der Waals surface area contributed by atoms with Crippen molar-refractivity contribution in [2.24, 2.45) is 0 Å². The van der Waals surface area contributed by atoms with Gasteiger partial charge in [0.05, 0.1) is 0 Å². The summed E-state index contributed by atoms with van der Waals surface area (Å²) in [7, 11) is 0. The third-order valence-electron chi connectivity index (χ3n) is 3.16. The Morgan fingerprint density at radius 1 is 1.19 bits per heavy atom. The number of benzene rings is 1. The number of hydrogen-bond donors (Lipinski definition) is 2. The van der Waals surface area contributed by atoms with Crippen LogP contribution < -0.4 is 16.6 Å². The second kappa shape index (κ2) is 5.78. The third kappa shape index (κ3) is 3.47. The van der Waals surface area contributed by atoms with Crippen LogP contribution in [-0.2, 0) is 11.3 Å². The van der Waals surface area contributed by atoms with Crippen molar-refractivity contribution in [1.82, 2.24) is 9.55 Å². The van der Waals surface area contributed by atoms with Crippen LogP contribution >= 0.6 is 0 Å². The first kappa shape index (κ1) is 14.8. The van der Waals surface area contributed by atoms with Crippen molar-refractivity contribution in [3.8, 4) is 0 Å². The van der Waals surface area contributed by atoms with Crippen molar-refractivity contribution in [1.29, 1.82) is 0 Å². The number of carbonyl (C=O) groups is 1. The normalized spacial score (nSPS) is 10.4. The first-order valence-corrected chi connectivity index (χ1v) is 6.54. The zero-order chi connectivity index (χ0) is 15.6. The second-order valence-corrected chi connectivity index (χ2v) is 5.07. The average molecular weight is 287 g/mol. The quantitative estimate of drug-likeness (QED) is 0.886. The van der Waals surface area contributed by atoms with Gasteiger partial charge in [-0.25, -0.2) is 4.79 Å². The first-order valence-electron chi connectivity index (χ1n) is 6.54. The van der Waals surface area contributed by atoms with Crippen molar-refractivity contribution in [2.45, 2.75) is 27.3 Å². The number of nitrogens with zero attached hydrogens (tertiary/aromatic N) is 1. The van der Waals surface area contributed by atoms with Crippen molar-refractivity contribution in [3.05, 3.63) is 61.9 Å². The standard InChI is InChI=1S/C15H17N3O3/c1-9-4-5-12(10(2)6-9)16-13(19)8-18-7-11(3)14(20)17-15(18)21/h4-7H,8H2,1-3H3,(H,16,19)(H,17,20,21). The smallest absolute Gasteiger partial charge is 0.324 e. The van der Waals surface area contributed by atoms with Gasteiger partial charge < -0.3 is 5.32 Å². The summed E-state index contributed by atoms with van der Waals surface area (Å²) < 4.78 is 1.18. The van der Waals surface area contributed by atoms with Crippen molar-refractivity contribution in [2.75, 3.05) is 5.32 Å². The summed E-state index contributed by atoms with van der Waals surface area (Å²) in [5.41, 5.74) is 2.12. The Bertz CT molecular complexity index is 803. The Hall–Kier alpha value is -2.63. The molecule has 0 fully saturated rings. The highest BCUT2D eigenvalue weighted by Gasteiger charge is 2.08. The molecule has 110 valence electrons. The first-order chi connectivity index (χ1) is 9.86. The van der Waals surface area contributed by atoms with E-state index in [1.807, 2.05) is 32.0 Å². The molecule has 0 radical (unpaired) electrons. The highest BCUT2D eigenvalue weighted by atomic mass is 16.2. The van der Waals surface area contributed by atoms with E-state index in [0.29, 0.717) is 11.3 Å². The number of rotatable bonds is 3. The summed E-state index contributed by atoms with van der Waals surface area (Å²) in [5, 5.41) is 2.76. The number of carbonyl (C=O) groups excluding carboxylic acids is 1. The monoisotopic (exact) mass is 287 g/mol. The molecule has 1 aromatic heterocycles. The number of aromatic amines is 1. The van der Waals surface area contributed by atoms with Gasteiger partial charge in [0.1, 0.15) is 6.54 Å². The molecule has 0 aliphatic carbocycles. The Balaban J connectivity index is 2.17. The lowest BCUT2D eigenvalue weighted by Crippen LogP contribution is -2.34. The molecule has 6 nitrogen and oxygen atoms in total. The Morgan fingerprint density at radius 2 is 1.90 bits per heavy atom. The van der Waals surface area contributed by atoms with Gasteiger partial charge in [0.15, 0.2) is 0 Å². The molecule has 6 heteroatoms. The number of hydrogen-bond acceptors (Lipinski definition) is 3. The van der Waals surface area contributed by atoms with Crippen LogP contribution in [0.1, 0.15) is 16.7 Å². The number of H-pyrrole nitrogens is 1. The predicted molar refractivity (Wildman–Crippen MR) is 80.6 cm³/mol. The second-order valence-electron chi connectivity index (χ2n) is 5.07. The number of anilines is 1. The van der Waals surface area contributed by atoms with Crippen LogP contribution in [0.25, 0.3) is 0 Å². The van der Waals surface area contributed by atoms with Gasteiger partial charge in [-0.05, 0) is 32.4 Å². The van der Waals surface area contributed by atoms with Crippen LogP contribution in [0.5, 0.6) is 0 Å². The molecule has 0 bridgehead atoms. The largest absolute Gasteiger partial charge is 0.328 e. The van der Waals surface area contributed by atoms with E-state index in [4.69, 9.17) is 0 Å². The van der Waals surface area contributed by atoms with E-state index in [-0.39, 0.29) is 12.5 Å². The van der Waals surface area contributed by atoms with Crippen molar-refractivity contribution < 1.29 is 4.79 Å². The fourth-order valence-electron chi connectivity index (χ4n) is 2.03. The van der Waals surface area contributed by atoms with Gasteiger partial charge in [-0.1, -0.05) is 17.7 Å². The summed E-state index contributed by atoms with van der Waals surface area (Å²) in [6.45, 7) is 5.31. The van der Waals surface area contributed by atoms with E-state index < -0.39 is 11.2 Å². The molecule has 0 unspecified atom stereocenters. The van der Waals surface area contributed by atoms with Crippen molar-refractivity contribution >= 4 is 11.6 Å². The Morgan fingerprint density at radius 3 is 2.57 bits per heavy atom. The van der Waals surface area contributed by atoms with E-state index in [9.17, 15) is 14.4 Å². The highest BCUT2D eigenvalue weighted by Crippen LogP contribution is 2.15. The van der Waals surface area contributed by atoms with E-state index in [1.165, 1.54) is 10.8 Å². The van der Waals surface area contributed by atoms with Gasteiger partial charge in [0.2, 0.25) is 5.91 Å². The van der Waals surface area contributed by atoms with Gasteiger partial charge >= 0.3 is 5.69 Å². The predicted octanol–water partition coefficient (Wildman–Crippen LogP) is 1.10. The van der Waals surface area contributed by atoms with Crippen LogP contribution in [-0.4, -0.2) is 15.5 Å². The number of aryl methyl sites for hydroxylation is 3. The Kier molecular flexibility index (Phi) is 4.07. The SMILES string of the molecule is Cc1ccc(NC(=O)Cn2cc(C)c(=O)[nH]c2=O)c(C)c1. The molecule has 1 aromatic carbocycles. The van der Waals surface area contributed by atoms with Gasteiger partial charge in [0, 0.05) is 17.4 Å². The van der Waals surface area contributed by atoms with Gasteiger partial charge in [-0.3, -0.25) is 19.1 Å². The number of nitrogens with one attached hydrogen (secondary N) is 2. The molecule has 0 aliphatic heterocycles. The van der Waals surface area contributed by atoms with E-state index in [0.717, 1.165) is 11.1 Å². The molecular weight excluding hydrogens is 270 g/mol. The zero-order valence-corrected chi connectivity index (χ0v) is 12.2. The lowest BCUT2D eigenvalue weighted by atomic mass is 10.1. The molecule has 0 saturated carbocycles. The fraction of sp³-hybridized carbons (Fsp3) is 0.267. The Labute approximate surface area is 121 Å². The molecule has 0 aliphatic rings. The van der Waals surface area contributed by atoms with Crippen LogP contribution in [0.15, 0.2) is 34.0 Å². The highest BCUT2D eigenvalue weighted by molar-refractivity contribution is 5.91. The van der Waals surface area contributed by atoms with Gasteiger partial charge in [0.25, 0.3) is 5.56 Å². The number of aromatic nitrogens is 2. The molecular formula is C15H17N3O3. The minimum absolute atomic E-state index is 0.149. The van der Waals surface area contributed by atoms with Gasteiger partial charge in [-0.15, -0.1) is 0 Å². The molecule has 2 aromatic rings. The topological polar surface area (TPSA) is 84.0 Å². The molecule has 2 N–H and O–H groups in total. The minimum atomic E-state index is -0.596. The third-order valence-corrected chi connectivity index (χ3v) is 3.16. The minimum Gasteiger partial charge on any atom is -0.324 e. The average Bonchev–Trinajstić information content (AvgIpc) is 2.39. The van der Waals surface area contributed by atoms with Crippen LogP contribution in [0.2, 0.25) is 0 Å². The summed E-state index contributed by atoms with van der Waals surface area (Å²) in [6, 6.07) is 5.69. The maximum absolute atomic E-state index is 12.0. The summed E-state index contributed by atoms with van der Waals surface area (Å²) >= 11 is 0. The molecule has 21 heavy (non-hydrogen) atoms. The summed E-state index contributed by atoms with van der Waals surface area (Å²) in [4.78, 5) is 37.1. The maximum Gasteiger partial charge on any atom is 0.328 e. The summed E-state index contributed by atoms with van der Waals surface area (Å²) in [5.74, 6) is -0.324. The fourth-order valence-corrected chi connectivity index (χ4v) is 2.03. The van der Waals surface area contributed by atoms with Crippen molar-refractivity contribution in [3.63, 3.8) is 0 Å². The van der Waals surface area contributed by atoms with E-state index in [2.05, 4.69) is 10.3 Å². The molecule has 0 atom stereocenters. The molecule has 0 saturated heterocycles. The van der Waals surface area contributed by atoms with E-state index in [1.54, 1.807) is 6.92 Å². The van der Waals surface area contributed by atoms with Gasteiger partial charge in [-0.2, -0.15) is 0 Å². The van der Waals surface area contributed by atoms with Crippen LogP contribution in [0, 0.1) is 20.8 Å². The lowest BCUT2D eigenvalue weighted by Gasteiger charge is -2.10.